The van der Waals surface area contributed by atoms with Crippen LogP contribution in [0.1, 0.15) is 5.56 Å². The Morgan fingerprint density at radius 2 is 2.00 bits per heavy atom. The lowest BCUT2D eigenvalue weighted by atomic mass is 10.2. The number of rotatable bonds is 9. The van der Waals surface area contributed by atoms with Crippen molar-refractivity contribution in [3.8, 4) is 11.5 Å². The summed E-state index contributed by atoms with van der Waals surface area (Å²) in [6, 6.07) is 5.57. The Morgan fingerprint density at radius 1 is 1.20 bits per heavy atom. The number of ether oxygens (including phenoxy) is 3. The van der Waals surface area contributed by atoms with Crippen molar-refractivity contribution in [2.45, 2.75) is 6.54 Å². The number of hydrogen-bond acceptors (Lipinski definition) is 5. The van der Waals surface area contributed by atoms with E-state index in [-0.39, 0.29) is 12.5 Å². The van der Waals surface area contributed by atoms with E-state index in [1.807, 2.05) is 18.2 Å². The van der Waals surface area contributed by atoms with Gasteiger partial charge in [-0.1, -0.05) is 12.1 Å². The van der Waals surface area contributed by atoms with Crippen molar-refractivity contribution in [1.29, 1.82) is 0 Å². The highest BCUT2D eigenvalue weighted by Gasteiger charge is 2.10. The van der Waals surface area contributed by atoms with E-state index in [4.69, 9.17) is 14.2 Å². The fraction of sp³-hybridized carbons (Fsp3) is 0.500. The van der Waals surface area contributed by atoms with Crippen LogP contribution in [-0.2, 0) is 16.1 Å². The summed E-state index contributed by atoms with van der Waals surface area (Å²) in [5.41, 5.74) is 0.872. The van der Waals surface area contributed by atoms with Crippen LogP contribution >= 0.6 is 0 Å². The first kappa shape index (κ1) is 16.3. The molecule has 0 atom stereocenters. The molecular weight excluding hydrogens is 260 g/mol. The van der Waals surface area contributed by atoms with Crippen molar-refractivity contribution in [1.82, 2.24) is 10.6 Å². The van der Waals surface area contributed by atoms with E-state index >= 15 is 0 Å². The van der Waals surface area contributed by atoms with Gasteiger partial charge in [-0.2, -0.15) is 0 Å². The summed E-state index contributed by atoms with van der Waals surface area (Å²) >= 11 is 0. The molecule has 0 aromatic heterocycles. The fourth-order valence-electron chi connectivity index (χ4n) is 1.73. The topological polar surface area (TPSA) is 68.8 Å². The Hall–Kier alpha value is -1.79. The average molecular weight is 282 g/mol. The van der Waals surface area contributed by atoms with Gasteiger partial charge in [0.2, 0.25) is 5.91 Å². The molecule has 1 aromatic carbocycles. The predicted octanol–water partition coefficient (Wildman–Crippen LogP) is 0.556. The minimum atomic E-state index is -0.0778. The SMILES string of the molecule is COCCNCC(=O)NCc1cccc(OC)c1OC. The molecule has 20 heavy (non-hydrogen) atoms. The van der Waals surface area contributed by atoms with Crippen LogP contribution in [0.25, 0.3) is 0 Å². The van der Waals surface area contributed by atoms with Gasteiger partial charge in [-0.15, -0.1) is 0 Å². The quantitative estimate of drug-likeness (QED) is 0.648. The largest absolute Gasteiger partial charge is 0.493 e. The third-order valence-electron chi connectivity index (χ3n) is 2.73. The number of benzene rings is 1. The Bertz CT molecular complexity index is 424. The highest BCUT2D eigenvalue weighted by Crippen LogP contribution is 2.30. The molecule has 0 fully saturated rings. The monoisotopic (exact) mass is 282 g/mol. The number of carbonyl (C=O) groups is 1. The summed E-state index contributed by atoms with van der Waals surface area (Å²) in [7, 11) is 4.78. The number of carbonyl (C=O) groups excluding carboxylic acids is 1. The van der Waals surface area contributed by atoms with E-state index in [2.05, 4.69) is 10.6 Å². The summed E-state index contributed by atoms with van der Waals surface area (Å²) < 4.78 is 15.4. The van der Waals surface area contributed by atoms with E-state index in [1.54, 1.807) is 21.3 Å². The summed E-state index contributed by atoms with van der Waals surface area (Å²) in [5.74, 6) is 1.21. The molecule has 112 valence electrons. The Labute approximate surface area is 119 Å². The minimum Gasteiger partial charge on any atom is -0.493 e. The van der Waals surface area contributed by atoms with Gasteiger partial charge >= 0.3 is 0 Å². The van der Waals surface area contributed by atoms with Gasteiger partial charge in [-0.05, 0) is 6.07 Å². The van der Waals surface area contributed by atoms with Crippen LogP contribution in [0.4, 0.5) is 0 Å². The highest BCUT2D eigenvalue weighted by molar-refractivity contribution is 5.78. The first-order chi connectivity index (χ1) is 9.72. The third-order valence-corrected chi connectivity index (χ3v) is 2.73. The lowest BCUT2D eigenvalue weighted by Crippen LogP contribution is -2.34. The predicted molar refractivity (Wildman–Crippen MR) is 76.1 cm³/mol. The maximum atomic E-state index is 11.6. The molecule has 0 aliphatic rings. The molecule has 0 aliphatic carbocycles. The zero-order valence-electron chi connectivity index (χ0n) is 12.2. The summed E-state index contributed by atoms with van der Waals surface area (Å²) in [6.45, 7) is 1.88. The van der Waals surface area contributed by atoms with Gasteiger partial charge in [0.25, 0.3) is 0 Å². The zero-order chi connectivity index (χ0) is 14.8. The van der Waals surface area contributed by atoms with E-state index < -0.39 is 0 Å². The normalized spacial score (nSPS) is 10.2. The summed E-state index contributed by atoms with van der Waals surface area (Å²) in [5, 5.41) is 5.80. The van der Waals surface area contributed by atoms with Crippen LogP contribution in [0.5, 0.6) is 11.5 Å². The molecule has 0 bridgehead atoms. The number of nitrogens with one attached hydrogen (secondary N) is 2. The first-order valence-electron chi connectivity index (χ1n) is 6.39. The van der Waals surface area contributed by atoms with Gasteiger partial charge in [0, 0.05) is 25.8 Å². The average Bonchev–Trinajstić information content (AvgIpc) is 2.48. The van der Waals surface area contributed by atoms with E-state index in [0.717, 1.165) is 5.56 Å². The molecule has 6 nitrogen and oxygen atoms in total. The molecule has 1 rings (SSSR count). The van der Waals surface area contributed by atoms with Crippen molar-refractivity contribution in [3.05, 3.63) is 23.8 Å². The molecule has 0 spiro atoms. The third kappa shape index (κ3) is 5.07. The van der Waals surface area contributed by atoms with Crippen molar-refractivity contribution >= 4 is 5.91 Å². The van der Waals surface area contributed by atoms with Crippen LogP contribution in [-0.4, -0.2) is 46.9 Å². The second-order valence-electron chi connectivity index (χ2n) is 4.10. The van der Waals surface area contributed by atoms with Crippen molar-refractivity contribution in [2.24, 2.45) is 0 Å². The zero-order valence-corrected chi connectivity index (χ0v) is 12.2. The molecule has 0 saturated heterocycles. The van der Waals surface area contributed by atoms with Crippen molar-refractivity contribution in [3.63, 3.8) is 0 Å². The summed E-state index contributed by atoms with van der Waals surface area (Å²) in [4.78, 5) is 11.6. The molecule has 0 saturated carbocycles. The molecular formula is C14H22N2O4. The lowest BCUT2D eigenvalue weighted by molar-refractivity contribution is -0.120. The Kier molecular flexibility index (Phi) is 7.46. The molecule has 0 radical (unpaired) electrons. The van der Waals surface area contributed by atoms with Gasteiger partial charge in [0.15, 0.2) is 11.5 Å². The maximum absolute atomic E-state index is 11.6. The molecule has 6 heteroatoms. The molecule has 1 aromatic rings. The van der Waals surface area contributed by atoms with Crippen LogP contribution in [0.15, 0.2) is 18.2 Å². The second kappa shape index (κ2) is 9.17. The van der Waals surface area contributed by atoms with Crippen molar-refractivity contribution in [2.75, 3.05) is 41.0 Å². The van der Waals surface area contributed by atoms with Crippen LogP contribution in [0.2, 0.25) is 0 Å². The van der Waals surface area contributed by atoms with Gasteiger partial charge in [-0.25, -0.2) is 0 Å². The lowest BCUT2D eigenvalue weighted by Gasteiger charge is -2.13. The summed E-state index contributed by atoms with van der Waals surface area (Å²) in [6.07, 6.45) is 0. The maximum Gasteiger partial charge on any atom is 0.234 e. The first-order valence-corrected chi connectivity index (χ1v) is 6.39. The molecule has 0 aliphatic heterocycles. The van der Waals surface area contributed by atoms with Gasteiger partial charge in [0.05, 0.1) is 27.4 Å². The molecule has 2 N–H and O–H groups in total. The smallest absolute Gasteiger partial charge is 0.234 e. The molecule has 0 unspecified atom stereocenters. The van der Waals surface area contributed by atoms with E-state index in [1.165, 1.54) is 0 Å². The second-order valence-corrected chi connectivity index (χ2v) is 4.10. The van der Waals surface area contributed by atoms with Gasteiger partial charge in [0.1, 0.15) is 0 Å². The van der Waals surface area contributed by atoms with Crippen LogP contribution < -0.4 is 20.1 Å². The number of methoxy groups -OCH3 is 3. The number of para-hydroxylation sites is 1. The minimum absolute atomic E-state index is 0.0778. The standard InChI is InChI=1S/C14H22N2O4/c1-18-8-7-15-10-13(17)16-9-11-5-4-6-12(19-2)14(11)20-3/h4-6,15H,7-10H2,1-3H3,(H,16,17). The van der Waals surface area contributed by atoms with Crippen LogP contribution in [0, 0.1) is 0 Å². The van der Waals surface area contributed by atoms with Crippen LogP contribution in [0.3, 0.4) is 0 Å². The number of amides is 1. The van der Waals surface area contributed by atoms with Crippen molar-refractivity contribution < 1.29 is 19.0 Å². The highest BCUT2D eigenvalue weighted by atomic mass is 16.5. The van der Waals surface area contributed by atoms with Gasteiger partial charge in [-0.3, -0.25) is 4.79 Å². The Balaban J connectivity index is 2.47. The van der Waals surface area contributed by atoms with E-state index in [9.17, 15) is 4.79 Å². The Morgan fingerprint density at radius 3 is 2.65 bits per heavy atom. The van der Waals surface area contributed by atoms with E-state index in [0.29, 0.717) is 31.2 Å². The fourth-order valence-corrected chi connectivity index (χ4v) is 1.73. The van der Waals surface area contributed by atoms with Gasteiger partial charge < -0.3 is 24.8 Å². The molecule has 1 amide bonds. The number of hydrogen-bond donors (Lipinski definition) is 2. The molecule has 0 heterocycles.